The van der Waals surface area contributed by atoms with E-state index in [9.17, 15) is 36.4 Å². The Morgan fingerprint density at radius 1 is 1.17 bits per heavy atom. The maximum Gasteiger partial charge on any atom is 0.408 e. The molecule has 1 aliphatic rings. The van der Waals surface area contributed by atoms with Gasteiger partial charge >= 0.3 is 12.4 Å². The van der Waals surface area contributed by atoms with Crippen LogP contribution in [0, 0.1) is 22.7 Å². The highest BCUT2D eigenvalue weighted by atomic mass is 19.4. The Kier molecular flexibility index (Phi) is 5.36. The minimum atomic E-state index is -5.84. The van der Waals surface area contributed by atoms with Crippen LogP contribution in [0.25, 0.3) is 0 Å². The van der Waals surface area contributed by atoms with Crippen molar-refractivity contribution in [2.45, 2.75) is 26.2 Å². The zero-order valence-corrected chi connectivity index (χ0v) is 15.2. The Bertz CT molecular complexity index is 908. The molecule has 0 radical (unpaired) electrons. The molecule has 0 aliphatic carbocycles. The van der Waals surface area contributed by atoms with Crippen molar-refractivity contribution in [3.63, 3.8) is 0 Å². The summed E-state index contributed by atoms with van der Waals surface area (Å²) in [6.07, 6.45) is -10.6. The average molecular weight is 418 g/mol. The van der Waals surface area contributed by atoms with Gasteiger partial charge in [-0.25, -0.2) is 0 Å². The van der Waals surface area contributed by atoms with Crippen molar-refractivity contribution in [2.75, 3.05) is 4.90 Å². The largest absolute Gasteiger partial charge is 0.408 e. The number of hydrogen-bond acceptors (Lipinski definition) is 4. The summed E-state index contributed by atoms with van der Waals surface area (Å²) < 4.78 is 83.3. The van der Waals surface area contributed by atoms with E-state index in [-0.39, 0.29) is 11.3 Å². The quantitative estimate of drug-likeness (QED) is 0.711. The lowest BCUT2D eigenvalue weighted by Crippen LogP contribution is -2.60. The topological polar surface area (TPSA) is 96.1 Å². The van der Waals surface area contributed by atoms with Gasteiger partial charge < -0.3 is 16.4 Å². The van der Waals surface area contributed by atoms with E-state index in [0.29, 0.717) is 0 Å². The number of allylic oxidation sites excluding steroid dienone is 3. The van der Waals surface area contributed by atoms with Crippen molar-refractivity contribution in [1.82, 2.24) is 0 Å². The highest BCUT2D eigenvalue weighted by Crippen LogP contribution is 2.63. The highest BCUT2D eigenvalue weighted by molar-refractivity contribution is 5.93. The van der Waals surface area contributed by atoms with E-state index in [1.54, 1.807) is 0 Å². The third-order valence-electron chi connectivity index (χ3n) is 4.95. The lowest BCUT2D eigenvalue weighted by molar-refractivity contribution is -0.337. The molecule has 5 nitrogen and oxygen atoms in total. The lowest BCUT2D eigenvalue weighted by atomic mass is 9.65. The van der Waals surface area contributed by atoms with E-state index in [2.05, 4.69) is 0 Å². The zero-order chi connectivity index (χ0) is 22.4. The minimum absolute atomic E-state index is 0.0677. The average Bonchev–Trinajstić information content (AvgIpc) is 2.60. The van der Waals surface area contributed by atoms with Gasteiger partial charge in [0, 0.05) is 22.9 Å². The number of rotatable bonds is 2. The first kappa shape index (κ1) is 22.1. The van der Waals surface area contributed by atoms with E-state index in [1.165, 1.54) is 31.2 Å². The van der Waals surface area contributed by atoms with E-state index in [1.807, 2.05) is 0 Å². The van der Waals surface area contributed by atoms with Gasteiger partial charge in [-0.1, -0.05) is 13.0 Å². The van der Waals surface area contributed by atoms with Gasteiger partial charge in [0.2, 0.25) is 11.3 Å². The number of anilines is 1. The molecular formula is C18H16F6N4O. The molecule has 1 heterocycles. The fourth-order valence-electron chi connectivity index (χ4n) is 3.61. The number of carbonyl (C=O) groups is 1. The number of nitriles is 1. The summed E-state index contributed by atoms with van der Waals surface area (Å²) in [5, 5.41) is 9.29. The molecule has 1 unspecified atom stereocenters. The van der Waals surface area contributed by atoms with Crippen LogP contribution < -0.4 is 16.4 Å². The number of nitrogens with two attached hydrogens (primary N) is 2. The van der Waals surface area contributed by atoms with Crippen LogP contribution in [0.3, 0.4) is 0 Å². The number of hydrogen-bond donors (Lipinski definition) is 2. The lowest BCUT2D eigenvalue weighted by Gasteiger charge is -2.49. The van der Waals surface area contributed by atoms with Crippen LogP contribution in [0.2, 0.25) is 0 Å². The smallest absolute Gasteiger partial charge is 0.384 e. The maximum atomic E-state index is 13.9. The SMILES string of the molecule is C/C=C1/C(C)C(C(F)(F)F)(C(F)(F)F)C(C#N)=C(N)N1c1ccc(C(N)=O)cc1. The Hall–Kier alpha value is -3.16. The molecule has 11 heteroatoms. The minimum Gasteiger partial charge on any atom is -0.384 e. The number of alkyl halides is 6. The second-order valence-electron chi connectivity index (χ2n) is 6.36. The van der Waals surface area contributed by atoms with Gasteiger partial charge in [0.25, 0.3) is 0 Å². The van der Waals surface area contributed by atoms with Crippen LogP contribution >= 0.6 is 0 Å². The maximum absolute atomic E-state index is 13.9. The van der Waals surface area contributed by atoms with Crippen LogP contribution in [-0.4, -0.2) is 18.3 Å². The molecule has 0 saturated heterocycles. The van der Waals surface area contributed by atoms with Crippen LogP contribution in [0.4, 0.5) is 32.0 Å². The van der Waals surface area contributed by atoms with E-state index < -0.39 is 46.7 Å². The van der Waals surface area contributed by atoms with Gasteiger partial charge in [-0.15, -0.1) is 0 Å². The Labute approximate surface area is 161 Å². The second-order valence-corrected chi connectivity index (χ2v) is 6.36. The molecule has 0 aromatic heterocycles. The molecule has 0 saturated carbocycles. The van der Waals surface area contributed by atoms with Gasteiger partial charge in [0.15, 0.2) is 0 Å². The molecule has 4 N–H and O–H groups in total. The molecule has 1 amide bonds. The van der Waals surface area contributed by atoms with Crippen LogP contribution in [0.5, 0.6) is 0 Å². The molecule has 1 aromatic rings. The van der Waals surface area contributed by atoms with Crippen molar-refractivity contribution in [3.05, 3.63) is 53.0 Å². The van der Waals surface area contributed by atoms with E-state index >= 15 is 0 Å². The highest BCUT2D eigenvalue weighted by Gasteiger charge is 2.77. The van der Waals surface area contributed by atoms with Gasteiger partial charge in [-0.05, 0) is 31.2 Å². The Morgan fingerprint density at radius 3 is 2.00 bits per heavy atom. The first-order chi connectivity index (χ1) is 13.3. The van der Waals surface area contributed by atoms with E-state index in [4.69, 9.17) is 11.5 Å². The van der Waals surface area contributed by atoms with E-state index in [0.717, 1.165) is 24.0 Å². The molecule has 1 aromatic carbocycles. The summed E-state index contributed by atoms with van der Waals surface area (Å²) in [6.45, 7) is 2.00. The number of carbonyl (C=O) groups excluding carboxylic acids is 1. The van der Waals surface area contributed by atoms with Crippen molar-refractivity contribution >= 4 is 11.6 Å². The third-order valence-corrected chi connectivity index (χ3v) is 4.95. The molecule has 2 rings (SSSR count). The molecule has 0 fully saturated rings. The predicted octanol–water partition coefficient (Wildman–Crippen LogP) is 3.95. The summed E-state index contributed by atoms with van der Waals surface area (Å²) in [7, 11) is 0. The second kappa shape index (κ2) is 7.02. The fourth-order valence-corrected chi connectivity index (χ4v) is 3.61. The Balaban J connectivity index is 2.89. The first-order valence-electron chi connectivity index (χ1n) is 8.15. The molecule has 29 heavy (non-hydrogen) atoms. The molecule has 156 valence electrons. The normalized spacial score (nSPS) is 21.3. The third kappa shape index (κ3) is 3.08. The number of halogens is 6. The van der Waals surface area contributed by atoms with Gasteiger partial charge in [0.1, 0.15) is 5.82 Å². The molecule has 1 atom stereocenters. The van der Waals surface area contributed by atoms with Crippen LogP contribution in [-0.2, 0) is 0 Å². The number of primary amides is 1. The van der Waals surface area contributed by atoms with Gasteiger partial charge in [0.05, 0.1) is 11.6 Å². The first-order valence-corrected chi connectivity index (χ1v) is 8.15. The van der Waals surface area contributed by atoms with Gasteiger partial charge in [-0.3, -0.25) is 4.79 Å². The molecular weight excluding hydrogens is 402 g/mol. The Morgan fingerprint density at radius 2 is 1.66 bits per heavy atom. The standard InChI is InChI=1S/C18H16F6N4O/c1-3-13-9(2)16(17(19,20)21,18(22,23)24)12(8-25)14(26)28(13)11-6-4-10(5-7-11)15(27)29/h3-7,9H,26H2,1-2H3,(H2,27,29)/b13-3-. The predicted molar refractivity (Wildman–Crippen MR) is 91.7 cm³/mol. The number of benzene rings is 1. The van der Waals surface area contributed by atoms with Crippen LogP contribution in [0.15, 0.2) is 47.4 Å². The summed E-state index contributed by atoms with van der Waals surface area (Å²) in [5.41, 5.74) is 4.47. The summed E-state index contributed by atoms with van der Waals surface area (Å²) >= 11 is 0. The van der Waals surface area contributed by atoms with Gasteiger partial charge in [-0.2, -0.15) is 31.6 Å². The zero-order valence-electron chi connectivity index (χ0n) is 15.2. The summed E-state index contributed by atoms with van der Waals surface area (Å²) in [5.74, 6) is -3.99. The summed E-state index contributed by atoms with van der Waals surface area (Å²) in [4.78, 5) is 12.1. The summed E-state index contributed by atoms with van der Waals surface area (Å²) in [6, 6.07) is 6.03. The molecule has 0 spiro atoms. The van der Waals surface area contributed by atoms with Crippen molar-refractivity contribution < 1.29 is 31.1 Å². The molecule has 0 bridgehead atoms. The number of amides is 1. The van der Waals surface area contributed by atoms with Crippen LogP contribution in [0.1, 0.15) is 24.2 Å². The van der Waals surface area contributed by atoms with Crippen molar-refractivity contribution in [2.24, 2.45) is 22.8 Å². The monoisotopic (exact) mass is 418 g/mol. The number of nitrogens with zero attached hydrogens (tertiary/aromatic N) is 2. The van der Waals surface area contributed by atoms with Crippen molar-refractivity contribution in [1.29, 1.82) is 5.26 Å². The fraction of sp³-hybridized carbons (Fsp3) is 0.333. The molecule has 1 aliphatic heterocycles. The van der Waals surface area contributed by atoms with Crippen molar-refractivity contribution in [3.8, 4) is 6.07 Å².